The van der Waals surface area contributed by atoms with Crippen LogP contribution in [-0.4, -0.2) is 35.1 Å². The highest BCUT2D eigenvalue weighted by atomic mass is 16.6. The van der Waals surface area contributed by atoms with E-state index in [0.717, 1.165) is 0 Å². The van der Waals surface area contributed by atoms with E-state index in [1.54, 1.807) is 24.3 Å². The number of hydrogen-bond donors (Lipinski definition) is 2. The Balaban J connectivity index is 1.74. The molecular formula is C16H18N4O3. The Morgan fingerprint density at radius 3 is 2.70 bits per heavy atom. The lowest BCUT2D eigenvalue weighted by Gasteiger charge is -2.19. The zero-order valence-electron chi connectivity index (χ0n) is 13.0. The number of aromatic nitrogens is 2. The van der Waals surface area contributed by atoms with Crippen LogP contribution in [0.2, 0.25) is 0 Å². The maximum absolute atomic E-state index is 12.3. The summed E-state index contributed by atoms with van der Waals surface area (Å²) < 4.78 is 11.0. The number of benzene rings is 1. The molecule has 1 aliphatic heterocycles. The van der Waals surface area contributed by atoms with Crippen LogP contribution in [0, 0.1) is 0 Å². The molecule has 0 fully saturated rings. The predicted molar refractivity (Wildman–Crippen MR) is 86.2 cm³/mol. The van der Waals surface area contributed by atoms with Crippen molar-refractivity contribution in [1.29, 1.82) is 0 Å². The van der Waals surface area contributed by atoms with E-state index < -0.39 is 0 Å². The summed E-state index contributed by atoms with van der Waals surface area (Å²) in [5.41, 5.74) is 0.911. The lowest BCUT2D eigenvalue weighted by atomic mass is 10.2. The minimum Gasteiger partial charge on any atom is -0.486 e. The number of fused-ring (bicyclic) bond motifs is 1. The molecule has 0 bridgehead atoms. The van der Waals surface area contributed by atoms with Gasteiger partial charge in [0, 0.05) is 23.9 Å². The van der Waals surface area contributed by atoms with Crippen LogP contribution in [0.15, 0.2) is 30.6 Å². The first kappa shape index (κ1) is 15.1. The predicted octanol–water partition coefficient (Wildman–Crippen LogP) is 2.32. The maximum Gasteiger partial charge on any atom is 0.274 e. The Labute approximate surface area is 134 Å². The lowest BCUT2D eigenvalue weighted by Crippen LogP contribution is -2.18. The zero-order valence-corrected chi connectivity index (χ0v) is 13.0. The molecule has 0 aliphatic carbocycles. The highest BCUT2D eigenvalue weighted by Crippen LogP contribution is 2.32. The van der Waals surface area contributed by atoms with E-state index >= 15 is 0 Å². The van der Waals surface area contributed by atoms with Crippen molar-refractivity contribution in [3.63, 3.8) is 0 Å². The topological polar surface area (TPSA) is 85.4 Å². The number of amides is 1. The van der Waals surface area contributed by atoms with Gasteiger partial charge in [0.1, 0.15) is 31.1 Å². The first-order valence-electron chi connectivity index (χ1n) is 7.41. The molecule has 7 nitrogen and oxygen atoms in total. The fraction of sp³-hybridized carbons (Fsp3) is 0.312. The fourth-order valence-corrected chi connectivity index (χ4v) is 2.17. The molecule has 1 aromatic heterocycles. The summed E-state index contributed by atoms with van der Waals surface area (Å²) in [7, 11) is 0. The molecule has 0 saturated carbocycles. The Morgan fingerprint density at radius 1 is 1.13 bits per heavy atom. The molecule has 120 valence electrons. The smallest absolute Gasteiger partial charge is 0.274 e. The van der Waals surface area contributed by atoms with Crippen molar-refractivity contribution in [2.45, 2.75) is 19.9 Å². The van der Waals surface area contributed by atoms with Crippen LogP contribution in [0.1, 0.15) is 24.3 Å². The van der Waals surface area contributed by atoms with Gasteiger partial charge in [-0.3, -0.25) is 4.79 Å². The van der Waals surface area contributed by atoms with Gasteiger partial charge in [0.15, 0.2) is 11.5 Å². The average Bonchev–Trinajstić information content (AvgIpc) is 2.54. The van der Waals surface area contributed by atoms with Crippen LogP contribution in [0.5, 0.6) is 11.5 Å². The molecule has 0 saturated heterocycles. The van der Waals surface area contributed by atoms with E-state index in [2.05, 4.69) is 20.6 Å². The summed E-state index contributed by atoms with van der Waals surface area (Å²) in [6.07, 6.45) is 1.36. The van der Waals surface area contributed by atoms with Crippen LogP contribution < -0.4 is 20.1 Å². The van der Waals surface area contributed by atoms with E-state index in [1.165, 1.54) is 6.33 Å². The molecule has 1 aliphatic rings. The molecule has 2 aromatic rings. The third kappa shape index (κ3) is 3.68. The van der Waals surface area contributed by atoms with Gasteiger partial charge in [-0.25, -0.2) is 9.97 Å². The molecule has 3 rings (SSSR count). The monoisotopic (exact) mass is 314 g/mol. The molecular weight excluding hydrogens is 296 g/mol. The normalized spacial score (nSPS) is 12.8. The van der Waals surface area contributed by atoms with E-state index in [1.807, 2.05) is 13.8 Å². The first-order valence-corrected chi connectivity index (χ1v) is 7.41. The van der Waals surface area contributed by atoms with Crippen LogP contribution in [0.25, 0.3) is 0 Å². The molecule has 0 spiro atoms. The van der Waals surface area contributed by atoms with Gasteiger partial charge in [0.25, 0.3) is 5.91 Å². The quantitative estimate of drug-likeness (QED) is 0.901. The minimum atomic E-state index is -0.309. The lowest BCUT2D eigenvalue weighted by molar-refractivity contribution is 0.102. The highest BCUT2D eigenvalue weighted by molar-refractivity contribution is 6.03. The molecule has 2 N–H and O–H groups in total. The van der Waals surface area contributed by atoms with Gasteiger partial charge in [-0.1, -0.05) is 0 Å². The molecule has 1 aromatic carbocycles. The van der Waals surface area contributed by atoms with Crippen molar-refractivity contribution in [3.8, 4) is 11.5 Å². The second-order valence-corrected chi connectivity index (χ2v) is 5.40. The second-order valence-electron chi connectivity index (χ2n) is 5.40. The second kappa shape index (κ2) is 6.51. The minimum absolute atomic E-state index is 0.221. The number of nitrogens with zero attached hydrogens (tertiary/aromatic N) is 2. The Hall–Kier alpha value is -2.83. The molecule has 23 heavy (non-hydrogen) atoms. The largest absolute Gasteiger partial charge is 0.486 e. The number of rotatable bonds is 4. The number of nitrogens with one attached hydrogen (secondary N) is 2. The molecule has 2 heterocycles. The van der Waals surface area contributed by atoms with Gasteiger partial charge >= 0.3 is 0 Å². The van der Waals surface area contributed by atoms with Gasteiger partial charge in [0.2, 0.25) is 0 Å². The summed E-state index contributed by atoms with van der Waals surface area (Å²) in [4.78, 5) is 20.4. The van der Waals surface area contributed by atoms with Crippen LogP contribution in [-0.2, 0) is 0 Å². The molecule has 0 radical (unpaired) electrons. The van der Waals surface area contributed by atoms with Gasteiger partial charge in [-0.05, 0) is 26.0 Å². The van der Waals surface area contributed by atoms with E-state index in [-0.39, 0.29) is 17.6 Å². The van der Waals surface area contributed by atoms with Gasteiger partial charge < -0.3 is 20.1 Å². The van der Waals surface area contributed by atoms with Crippen molar-refractivity contribution in [2.75, 3.05) is 23.8 Å². The fourth-order valence-electron chi connectivity index (χ4n) is 2.17. The standard InChI is InChI=1S/C16H18N4O3/c1-10(2)19-15-8-12(17-9-18-15)16(21)20-11-3-4-13-14(7-11)23-6-5-22-13/h3-4,7-10H,5-6H2,1-2H3,(H,20,21)(H,17,18,19). The van der Waals surface area contributed by atoms with Gasteiger partial charge in [-0.2, -0.15) is 0 Å². The molecule has 0 atom stereocenters. The van der Waals surface area contributed by atoms with Crippen LogP contribution in [0.4, 0.5) is 11.5 Å². The van der Waals surface area contributed by atoms with Crippen molar-refractivity contribution < 1.29 is 14.3 Å². The number of ether oxygens (including phenoxy) is 2. The van der Waals surface area contributed by atoms with Crippen molar-refractivity contribution in [1.82, 2.24) is 9.97 Å². The zero-order chi connectivity index (χ0) is 16.2. The Bertz CT molecular complexity index is 718. The Kier molecular flexibility index (Phi) is 4.27. The van der Waals surface area contributed by atoms with E-state index in [0.29, 0.717) is 36.2 Å². The third-order valence-corrected chi connectivity index (χ3v) is 3.14. The van der Waals surface area contributed by atoms with Crippen molar-refractivity contribution in [3.05, 3.63) is 36.3 Å². The maximum atomic E-state index is 12.3. The average molecular weight is 314 g/mol. The van der Waals surface area contributed by atoms with E-state index in [4.69, 9.17) is 9.47 Å². The highest BCUT2D eigenvalue weighted by Gasteiger charge is 2.14. The van der Waals surface area contributed by atoms with Crippen molar-refractivity contribution in [2.24, 2.45) is 0 Å². The van der Waals surface area contributed by atoms with Gasteiger partial charge in [-0.15, -0.1) is 0 Å². The third-order valence-electron chi connectivity index (χ3n) is 3.14. The summed E-state index contributed by atoms with van der Waals surface area (Å²) in [5.74, 6) is 1.61. The number of carbonyl (C=O) groups excluding carboxylic acids is 1. The summed E-state index contributed by atoms with van der Waals surface area (Å²) in [5, 5.41) is 5.93. The van der Waals surface area contributed by atoms with E-state index in [9.17, 15) is 4.79 Å². The van der Waals surface area contributed by atoms with Crippen LogP contribution in [0.3, 0.4) is 0 Å². The number of hydrogen-bond acceptors (Lipinski definition) is 6. The summed E-state index contributed by atoms with van der Waals surface area (Å²) >= 11 is 0. The number of anilines is 2. The molecule has 7 heteroatoms. The van der Waals surface area contributed by atoms with Crippen molar-refractivity contribution >= 4 is 17.4 Å². The van der Waals surface area contributed by atoms with Crippen LogP contribution >= 0.6 is 0 Å². The summed E-state index contributed by atoms with van der Waals surface area (Å²) in [6.45, 7) is 5.03. The first-order chi connectivity index (χ1) is 11.1. The SMILES string of the molecule is CC(C)Nc1cc(C(=O)Nc2ccc3c(c2)OCCO3)ncn1. The molecule has 1 amide bonds. The molecule has 0 unspecified atom stereocenters. The number of carbonyl (C=O) groups is 1. The summed E-state index contributed by atoms with van der Waals surface area (Å²) in [6, 6.07) is 7.11. The van der Waals surface area contributed by atoms with Gasteiger partial charge in [0.05, 0.1) is 0 Å². The Morgan fingerprint density at radius 2 is 1.91 bits per heavy atom.